The normalized spacial score (nSPS) is 38.5. The summed E-state index contributed by atoms with van der Waals surface area (Å²) in [5, 5.41) is 9.59. The maximum Gasteiger partial charge on any atom is 0.0695 e. The summed E-state index contributed by atoms with van der Waals surface area (Å²) in [6, 6.07) is 1.27. The Kier molecular flexibility index (Phi) is 1.90. The summed E-state index contributed by atoms with van der Waals surface area (Å²) in [6.07, 6.45) is 6.08. The Morgan fingerprint density at radius 3 is 2.36 bits per heavy atom. The zero-order chi connectivity index (χ0) is 7.84. The van der Waals surface area contributed by atoms with Gasteiger partial charge in [0.15, 0.2) is 0 Å². The molecule has 2 aliphatic rings. The Morgan fingerprint density at radius 1 is 1.18 bits per heavy atom. The molecule has 0 heterocycles. The van der Waals surface area contributed by atoms with Gasteiger partial charge in [0.05, 0.1) is 6.10 Å². The largest absolute Gasteiger partial charge is 0.391 e. The van der Waals surface area contributed by atoms with Crippen molar-refractivity contribution in [1.82, 2.24) is 4.90 Å². The molecule has 0 radical (unpaired) electrons. The fourth-order valence-corrected chi connectivity index (χ4v) is 2.15. The fraction of sp³-hybridized carbons (Fsp3) is 1.00. The van der Waals surface area contributed by atoms with Crippen LogP contribution in [0.25, 0.3) is 0 Å². The molecule has 2 saturated carbocycles. The van der Waals surface area contributed by atoms with Crippen molar-refractivity contribution in [3.05, 3.63) is 0 Å². The van der Waals surface area contributed by atoms with E-state index >= 15 is 0 Å². The lowest BCUT2D eigenvalue weighted by Crippen LogP contribution is -2.38. The summed E-state index contributed by atoms with van der Waals surface area (Å²) in [5.41, 5.74) is 0. The summed E-state index contributed by atoms with van der Waals surface area (Å²) in [5.74, 6) is 0. The third-order valence-corrected chi connectivity index (χ3v) is 3.09. The first-order valence-electron chi connectivity index (χ1n) is 4.69. The molecule has 2 atom stereocenters. The van der Waals surface area contributed by atoms with Crippen molar-refractivity contribution < 1.29 is 5.11 Å². The van der Waals surface area contributed by atoms with Crippen LogP contribution in [-0.4, -0.2) is 35.2 Å². The predicted molar refractivity (Wildman–Crippen MR) is 44.4 cm³/mol. The van der Waals surface area contributed by atoms with Gasteiger partial charge >= 0.3 is 0 Å². The van der Waals surface area contributed by atoms with Gasteiger partial charge in [-0.2, -0.15) is 0 Å². The van der Waals surface area contributed by atoms with Crippen molar-refractivity contribution in [2.24, 2.45) is 0 Å². The van der Waals surface area contributed by atoms with Crippen molar-refractivity contribution in [2.75, 3.05) is 7.05 Å². The monoisotopic (exact) mass is 155 g/mol. The number of nitrogens with zero attached hydrogens (tertiary/aromatic N) is 1. The zero-order valence-corrected chi connectivity index (χ0v) is 7.16. The summed E-state index contributed by atoms with van der Waals surface area (Å²) in [7, 11) is 2.16. The molecule has 2 nitrogen and oxygen atoms in total. The maximum absolute atomic E-state index is 9.59. The maximum atomic E-state index is 9.59. The molecule has 0 bridgehead atoms. The number of likely N-dealkylation sites (N-methyl/N-ethyl adjacent to an activating group) is 1. The summed E-state index contributed by atoms with van der Waals surface area (Å²) in [4.78, 5) is 2.39. The Morgan fingerprint density at radius 2 is 1.91 bits per heavy atom. The molecular formula is C9H17NO. The first-order chi connectivity index (χ1) is 5.29. The van der Waals surface area contributed by atoms with E-state index in [1.54, 1.807) is 0 Å². The number of aliphatic hydroxyl groups excluding tert-OH is 1. The van der Waals surface area contributed by atoms with Gasteiger partial charge in [0.2, 0.25) is 0 Å². The van der Waals surface area contributed by atoms with E-state index in [2.05, 4.69) is 11.9 Å². The molecule has 2 heteroatoms. The highest BCUT2D eigenvalue weighted by molar-refractivity contribution is 4.92. The van der Waals surface area contributed by atoms with Crippen LogP contribution < -0.4 is 0 Å². The van der Waals surface area contributed by atoms with Crippen LogP contribution in [0.15, 0.2) is 0 Å². The molecule has 2 aliphatic carbocycles. The van der Waals surface area contributed by atoms with Crippen molar-refractivity contribution in [1.29, 1.82) is 0 Å². The second-order valence-electron chi connectivity index (χ2n) is 3.96. The van der Waals surface area contributed by atoms with Gasteiger partial charge < -0.3 is 5.11 Å². The highest BCUT2D eigenvalue weighted by Gasteiger charge is 2.36. The van der Waals surface area contributed by atoms with Crippen LogP contribution >= 0.6 is 0 Å². The molecule has 0 aliphatic heterocycles. The third-order valence-electron chi connectivity index (χ3n) is 3.09. The van der Waals surface area contributed by atoms with Gasteiger partial charge in [0.25, 0.3) is 0 Å². The molecule has 2 fully saturated rings. The predicted octanol–water partition coefficient (Wildman–Crippen LogP) is 0.994. The lowest BCUT2D eigenvalue weighted by molar-refractivity contribution is 0.0821. The van der Waals surface area contributed by atoms with Gasteiger partial charge in [0, 0.05) is 12.1 Å². The zero-order valence-electron chi connectivity index (χ0n) is 7.16. The number of hydrogen-bond donors (Lipinski definition) is 1. The second kappa shape index (κ2) is 2.76. The molecule has 2 rings (SSSR count). The second-order valence-corrected chi connectivity index (χ2v) is 3.96. The number of hydrogen-bond acceptors (Lipinski definition) is 2. The number of rotatable bonds is 2. The van der Waals surface area contributed by atoms with Crippen LogP contribution in [0.5, 0.6) is 0 Å². The minimum absolute atomic E-state index is 0.0411. The Balaban J connectivity index is 1.91. The van der Waals surface area contributed by atoms with Crippen LogP contribution in [0.4, 0.5) is 0 Å². The highest BCUT2D eigenvalue weighted by atomic mass is 16.3. The first kappa shape index (κ1) is 7.56. The topological polar surface area (TPSA) is 23.5 Å². The van der Waals surface area contributed by atoms with Crippen molar-refractivity contribution in [2.45, 2.75) is 50.3 Å². The molecule has 1 N–H and O–H groups in total. The van der Waals surface area contributed by atoms with Gasteiger partial charge in [0.1, 0.15) is 0 Å². The van der Waals surface area contributed by atoms with Crippen molar-refractivity contribution in [3.8, 4) is 0 Å². The van der Waals surface area contributed by atoms with Crippen LogP contribution in [-0.2, 0) is 0 Å². The molecule has 0 amide bonds. The molecule has 0 aromatic rings. The van der Waals surface area contributed by atoms with E-state index < -0.39 is 0 Å². The van der Waals surface area contributed by atoms with Gasteiger partial charge in [-0.3, -0.25) is 4.90 Å². The highest BCUT2D eigenvalue weighted by Crippen LogP contribution is 2.32. The Bertz CT molecular complexity index is 144. The molecule has 0 spiro atoms. The molecule has 0 saturated heterocycles. The van der Waals surface area contributed by atoms with Crippen LogP contribution in [0.3, 0.4) is 0 Å². The van der Waals surface area contributed by atoms with Gasteiger partial charge in [-0.25, -0.2) is 0 Å². The summed E-state index contributed by atoms with van der Waals surface area (Å²) >= 11 is 0. The van der Waals surface area contributed by atoms with E-state index in [9.17, 15) is 5.11 Å². The van der Waals surface area contributed by atoms with Gasteiger partial charge in [-0.15, -0.1) is 0 Å². The lowest BCUT2D eigenvalue weighted by atomic mass is 10.2. The first-order valence-corrected chi connectivity index (χ1v) is 4.69. The molecule has 0 aromatic carbocycles. The Hall–Kier alpha value is -0.0800. The van der Waals surface area contributed by atoms with Crippen LogP contribution in [0.1, 0.15) is 32.1 Å². The SMILES string of the molecule is CN(C1CC1)[C@@H]1CCC[C@H]1O. The van der Waals surface area contributed by atoms with E-state index in [1.807, 2.05) is 0 Å². The van der Waals surface area contributed by atoms with E-state index in [0.29, 0.717) is 6.04 Å². The van der Waals surface area contributed by atoms with Crippen molar-refractivity contribution >= 4 is 0 Å². The summed E-state index contributed by atoms with van der Waals surface area (Å²) in [6.45, 7) is 0. The van der Waals surface area contributed by atoms with E-state index in [-0.39, 0.29) is 6.10 Å². The molecule has 11 heavy (non-hydrogen) atoms. The average Bonchev–Trinajstić information content (AvgIpc) is 2.74. The third kappa shape index (κ3) is 1.42. The molecular weight excluding hydrogens is 138 g/mol. The lowest BCUT2D eigenvalue weighted by Gasteiger charge is -2.26. The average molecular weight is 155 g/mol. The van der Waals surface area contributed by atoms with Gasteiger partial charge in [-0.05, 0) is 39.2 Å². The quantitative estimate of drug-likeness (QED) is 0.643. The standard InChI is InChI=1S/C9H17NO/c1-10(7-5-6-7)8-3-2-4-9(8)11/h7-9,11H,2-6H2,1H3/t8-,9-/m1/s1. The van der Waals surface area contributed by atoms with Crippen molar-refractivity contribution in [3.63, 3.8) is 0 Å². The Labute approximate surface area is 68.2 Å². The minimum atomic E-state index is -0.0411. The summed E-state index contributed by atoms with van der Waals surface area (Å²) < 4.78 is 0. The molecule has 0 unspecified atom stereocenters. The van der Waals surface area contributed by atoms with E-state index in [4.69, 9.17) is 0 Å². The molecule has 0 aromatic heterocycles. The smallest absolute Gasteiger partial charge is 0.0695 e. The minimum Gasteiger partial charge on any atom is -0.391 e. The van der Waals surface area contributed by atoms with Gasteiger partial charge in [-0.1, -0.05) is 0 Å². The van der Waals surface area contributed by atoms with Crippen LogP contribution in [0.2, 0.25) is 0 Å². The number of aliphatic hydroxyl groups is 1. The van der Waals surface area contributed by atoms with E-state index in [0.717, 1.165) is 12.5 Å². The fourth-order valence-electron chi connectivity index (χ4n) is 2.15. The molecule has 64 valence electrons. The van der Waals surface area contributed by atoms with E-state index in [1.165, 1.54) is 25.7 Å². The van der Waals surface area contributed by atoms with Crippen LogP contribution in [0, 0.1) is 0 Å².